The van der Waals surface area contributed by atoms with Crippen molar-refractivity contribution >= 4 is 35.0 Å². The molecule has 0 spiro atoms. The van der Waals surface area contributed by atoms with Crippen LogP contribution < -0.4 is 15.4 Å². The minimum atomic E-state index is -0.416. The van der Waals surface area contributed by atoms with Crippen LogP contribution in [0.2, 0.25) is 5.02 Å². The maximum atomic E-state index is 13.5. The van der Waals surface area contributed by atoms with Gasteiger partial charge in [-0.1, -0.05) is 23.7 Å². The quantitative estimate of drug-likeness (QED) is 0.447. The van der Waals surface area contributed by atoms with Gasteiger partial charge in [0.2, 0.25) is 5.91 Å². The predicted molar refractivity (Wildman–Crippen MR) is 148 cm³/mol. The zero-order chi connectivity index (χ0) is 28.2. The number of amides is 3. The van der Waals surface area contributed by atoms with Crippen LogP contribution in [0.1, 0.15) is 45.5 Å². The molecule has 2 aliphatic heterocycles. The second-order valence-electron chi connectivity index (χ2n) is 9.95. The molecule has 2 heterocycles. The summed E-state index contributed by atoms with van der Waals surface area (Å²) in [7, 11) is 1.73. The molecule has 0 aromatic heterocycles. The molecular weight excluding hydrogens is 537 g/mol. The maximum Gasteiger partial charge on any atom is 0.257 e. The zero-order valence-corrected chi connectivity index (χ0v) is 22.6. The fourth-order valence-corrected chi connectivity index (χ4v) is 5.16. The van der Waals surface area contributed by atoms with Crippen molar-refractivity contribution in [1.29, 1.82) is 0 Å². The van der Waals surface area contributed by atoms with Crippen molar-refractivity contribution in [3.8, 4) is 5.75 Å². The minimum Gasteiger partial charge on any atom is -0.490 e. The smallest absolute Gasteiger partial charge is 0.257 e. The lowest BCUT2D eigenvalue weighted by molar-refractivity contribution is -0.134. The highest BCUT2D eigenvalue weighted by atomic mass is 35.5. The molecule has 5 rings (SSSR count). The molecule has 0 aliphatic carbocycles. The van der Waals surface area contributed by atoms with E-state index in [1.807, 2.05) is 0 Å². The number of nitrogens with one attached hydrogen (secondary N) is 2. The van der Waals surface area contributed by atoms with E-state index in [1.165, 1.54) is 12.1 Å². The van der Waals surface area contributed by atoms with Crippen molar-refractivity contribution in [2.24, 2.45) is 0 Å². The molecule has 208 valence electrons. The molecule has 3 aromatic carbocycles. The summed E-state index contributed by atoms with van der Waals surface area (Å²) >= 11 is 5.91. The van der Waals surface area contributed by atoms with E-state index in [0.717, 1.165) is 0 Å². The number of rotatable bonds is 6. The van der Waals surface area contributed by atoms with E-state index in [0.29, 0.717) is 46.0 Å². The highest BCUT2D eigenvalue weighted by Gasteiger charge is 2.39. The van der Waals surface area contributed by atoms with E-state index in [-0.39, 0.29) is 55.3 Å². The Labute approximate surface area is 236 Å². The molecule has 3 amide bonds. The van der Waals surface area contributed by atoms with Crippen LogP contribution in [-0.2, 0) is 16.1 Å². The van der Waals surface area contributed by atoms with Crippen LogP contribution in [0.25, 0.3) is 0 Å². The number of anilines is 1. The maximum absolute atomic E-state index is 13.5. The summed E-state index contributed by atoms with van der Waals surface area (Å²) < 4.78 is 25.6. The Morgan fingerprint density at radius 1 is 1.07 bits per heavy atom. The molecule has 0 saturated carbocycles. The van der Waals surface area contributed by atoms with Gasteiger partial charge in [-0.05, 0) is 73.0 Å². The van der Waals surface area contributed by atoms with E-state index in [2.05, 4.69) is 10.6 Å². The van der Waals surface area contributed by atoms with E-state index >= 15 is 0 Å². The number of hydrogen-bond acceptors (Lipinski definition) is 5. The zero-order valence-electron chi connectivity index (χ0n) is 21.9. The third-order valence-corrected chi connectivity index (χ3v) is 7.42. The molecule has 1 fully saturated rings. The molecule has 40 heavy (non-hydrogen) atoms. The first-order valence-corrected chi connectivity index (χ1v) is 13.4. The third-order valence-electron chi connectivity index (χ3n) is 7.17. The van der Waals surface area contributed by atoms with Crippen molar-refractivity contribution < 1.29 is 28.2 Å². The lowest BCUT2D eigenvalue weighted by Crippen LogP contribution is -2.53. The van der Waals surface area contributed by atoms with Crippen LogP contribution >= 0.6 is 11.6 Å². The Balaban J connectivity index is 1.21. The standard InChI is InChI=1S/C30H29ClFN3O5/c1-35-25-11-10-23(15-28(36)33-16-18-3-2-4-21(32)13-18)40-27(25)17-39-26-12-9-22(14-24(26)30(35)38)34-29(37)19-5-7-20(31)8-6-19/h2-9,12-14,23,25,27H,10-11,15-17H2,1H3,(H,33,36)(H,34,37)/t23-,25+,27+/m1/s1. The van der Waals surface area contributed by atoms with Crippen LogP contribution in [0.15, 0.2) is 66.7 Å². The van der Waals surface area contributed by atoms with Gasteiger partial charge in [-0.15, -0.1) is 0 Å². The number of nitrogens with zero attached hydrogens (tertiary/aromatic N) is 1. The van der Waals surface area contributed by atoms with Gasteiger partial charge in [-0.3, -0.25) is 14.4 Å². The van der Waals surface area contributed by atoms with Crippen LogP contribution in [0.5, 0.6) is 5.75 Å². The molecular formula is C30H29ClFN3O5. The second-order valence-corrected chi connectivity index (χ2v) is 10.4. The lowest BCUT2D eigenvalue weighted by atomic mass is 9.94. The number of halogens is 2. The van der Waals surface area contributed by atoms with Crippen LogP contribution in [0.3, 0.4) is 0 Å². The van der Waals surface area contributed by atoms with Gasteiger partial charge in [0.25, 0.3) is 11.8 Å². The monoisotopic (exact) mass is 565 g/mol. The first-order chi connectivity index (χ1) is 19.3. The normalized spacial score (nSPS) is 20.3. The SMILES string of the molecule is CN1C(=O)c2cc(NC(=O)c3ccc(Cl)cc3)ccc2OC[C@@H]2O[C@@H](CC(=O)NCc3cccc(F)c3)CC[C@@H]21. The Morgan fingerprint density at radius 3 is 2.65 bits per heavy atom. The largest absolute Gasteiger partial charge is 0.490 e. The Hall–Kier alpha value is -3.95. The molecule has 0 radical (unpaired) electrons. The molecule has 2 aliphatic rings. The Morgan fingerprint density at radius 2 is 1.88 bits per heavy atom. The van der Waals surface area contributed by atoms with Gasteiger partial charge < -0.3 is 25.0 Å². The van der Waals surface area contributed by atoms with Gasteiger partial charge in [-0.25, -0.2) is 4.39 Å². The summed E-state index contributed by atoms with van der Waals surface area (Å²) in [5.74, 6) is -0.726. The van der Waals surface area contributed by atoms with E-state index in [4.69, 9.17) is 21.1 Å². The molecule has 8 nitrogen and oxygen atoms in total. The highest BCUT2D eigenvalue weighted by Crippen LogP contribution is 2.32. The van der Waals surface area contributed by atoms with Crippen molar-refractivity contribution in [2.45, 2.75) is 44.1 Å². The number of benzene rings is 3. The predicted octanol–water partition coefficient (Wildman–Crippen LogP) is 4.82. The number of hydrogen-bond donors (Lipinski definition) is 2. The lowest BCUT2D eigenvalue weighted by Gasteiger charge is -2.42. The average Bonchev–Trinajstić information content (AvgIpc) is 2.94. The molecule has 3 aromatic rings. The van der Waals surface area contributed by atoms with Crippen molar-refractivity contribution in [3.05, 3.63) is 94.3 Å². The topological polar surface area (TPSA) is 97.0 Å². The first kappa shape index (κ1) is 27.6. The Kier molecular flexibility index (Phi) is 8.32. The number of carbonyl (C=O) groups excluding carboxylic acids is 3. The van der Waals surface area contributed by atoms with E-state index in [9.17, 15) is 18.8 Å². The number of carbonyl (C=O) groups is 3. The third kappa shape index (κ3) is 6.43. The van der Waals surface area contributed by atoms with Gasteiger partial charge in [0.15, 0.2) is 0 Å². The number of fused-ring (bicyclic) bond motifs is 2. The Bertz CT molecular complexity index is 1420. The highest BCUT2D eigenvalue weighted by molar-refractivity contribution is 6.30. The van der Waals surface area contributed by atoms with Gasteiger partial charge in [-0.2, -0.15) is 0 Å². The van der Waals surface area contributed by atoms with Gasteiger partial charge >= 0.3 is 0 Å². The van der Waals surface area contributed by atoms with Gasteiger partial charge in [0.05, 0.1) is 24.1 Å². The fraction of sp³-hybridized carbons (Fsp3) is 0.300. The summed E-state index contributed by atoms with van der Waals surface area (Å²) in [6.45, 7) is 0.432. The first-order valence-electron chi connectivity index (χ1n) is 13.0. The molecule has 3 atom stereocenters. The van der Waals surface area contributed by atoms with E-state index < -0.39 is 6.10 Å². The van der Waals surface area contributed by atoms with Crippen LogP contribution in [0, 0.1) is 5.82 Å². The molecule has 10 heteroatoms. The van der Waals surface area contributed by atoms with Crippen molar-refractivity contribution in [2.75, 3.05) is 19.0 Å². The van der Waals surface area contributed by atoms with Crippen LogP contribution in [0.4, 0.5) is 10.1 Å². The average molecular weight is 566 g/mol. The molecule has 1 saturated heterocycles. The molecule has 0 bridgehead atoms. The summed E-state index contributed by atoms with van der Waals surface area (Å²) in [6, 6.07) is 17.3. The second kappa shape index (κ2) is 12.1. The summed E-state index contributed by atoms with van der Waals surface area (Å²) in [5.41, 5.74) is 1.92. The number of ether oxygens (including phenoxy) is 2. The molecule has 2 N–H and O–H groups in total. The van der Waals surface area contributed by atoms with Gasteiger partial charge in [0.1, 0.15) is 24.3 Å². The minimum absolute atomic E-state index is 0.156. The molecule has 0 unspecified atom stereocenters. The fourth-order valence-electron chi connectivity index (χ4n) is 5.04. The van der Waals surface area contributed by atoms with Crippen LogP contribution in [-0.4, -0.2) is 54.5 Å². The van der Waals surface area contributed by atoms with Crippen molar-refractivity contribution in [3.63, 3.8) is 0 Å². The summed E-state index contributed by atoms with van der Waals surface area (Å²) in [4.78, 5) is 40.3. The van der Waals surface area contributed by atoms with E-state index in [1.54, 1.807) is 66.5 Å². The summed E-state index contributed by atoms with van der Waals surface area (Å²) in [5, 5.41) is 6.16. The van der Waals surface area contributed by atoms with Crippen molar-refractivity contribution in [1.82, 2.24) is 10.2 Å². The summed E-state index contributed by atoms with van der Waals surface area (Å²) in [6.07, 6.45) is 0.645. The number of likely N-dealkylation sites (N-methyl/N-ethyl adjacent to an activating group) is 1. The van der Waals surface area contributed by atoms with Gasteiger partial charge in [0, 0.05) is 29.9 Å².